The van der Waals surface area contributed by atoms with Crippen molar-refractivity contribution in [3.63, 3.8) is 0 Å². The van der Waals surface area contributed by atoms with Gasteiger partial charge >= 0.3 is 0 Å². The number of nitrogens with one attached hydrogen (secondary N) is 2. The van der Waals surface area contributed by atoms with Crippen molar-refractivity contribution in [1.29, 1.82) is 0 Å². The van der Waals surface area contributed by atoms with Crippen LogP contribution in [0.25, 0.3) is 0 Å². The lowest BCUT2D eigenvalue weighted by Crippen LogP contribution is -2.37. The number of rotatable bonds is 8. The number of guanidine groups is 1. The zero-order chi connectivity index (χ0) is 19.1. The summed E-state index contributed by atoms with van der Waals surface area (Å²) in [7, 11) is 1.82. The fourth-order valence-corrected chi connectivity index (χ4v) is 4.97. The van der Waals surface area contributed by atoms with Crippen molar-refractivity contribution in [2.24, 2.45) is 4.99 Å². The monoisotopic (exact) mass is 406 g/mol. The van der Waals surface area contributed by atoms with Crippen LogP contribution in [0.1, 0.15) is 53.7 Å². The average molecular weight is 407 g/mol. The number of hydrogen-bond acceptors (Lipinski definition) is 5. The second-order valence-corrected chi connectivity index (χ2v) is 9.03. The topological polar surface area (TPSA) is 67.1 Å². The number of hydrogen-bond donors (Lipinski definition) is 2. The molecule has 1 aliphatic carbocycles. The van der Waals surface area contributed by atoms with E-state index in [1.165, 1.54) is 35.4 Å². The summed E-state index contributed by atoms with van der Waals surface area (Å²) in [6.07, 6.45) is 9.21. The fraction of sp³-hybridized carbons (Fsp3) is 0.632. The molecule has 0 aliphatic heterocycles. The van der Waals surface area contributed by atoms with Crippen molar-refractivity contribution in [2.45, 2.75) is 63.2 Å². The standard InChI is InChI=1S/C19H30N6S2/c1-14-10-11-16(27-14)13-22-18(20-2)21-12-6-9-17-23-24-19(26-3)25(17)15-7-4-5-8-15/h10-11,15H,4-9,12-13H2,1-3H3,(H2,20,21,22). The molecule has 2 aromatic rings. The molecule has 0 saturated heterocycles. The zero-order valence-corrected chi connectivity index (χ0v) is 18.1. The van der Waals surface area contributed by atoms with E-state index >= 15 is 0 Å². The molecule has 1 saturated carbocycles. The lowest BCUT2D eigenvalue weighted by molar-refractivity contribution is 0.460. The number of aryl methyl sites for hydroxylation is 2. The Labute approximate surface area is 170 Å². The second-order valence-electron chi connectivity index (χ2n) is 6.88. The maximum absolute atomic E-state index is 4.47. The Morgan fingerprint density at radius 3 is 2.78 bits per heavy atom. The van der Waals surface area contributed by atoms with Crippen LogP contribution in [0, 0.1) is 6.92 Å². The SMILES string of the molecule is CN=C(NCCCc1nnc(SC)n1C1CCCC1)NCc1ccc(C)s1. The Morgan fingerprint density at radius 2 is 2.11 bits per heavy atom. The van der Waals surface area contributed by atoms with E-state index < -0.39 is 0 Å². The van der Waals surface area contributed by atoms with E-state index in [2.05, 4.69) is 55.7 Å². The van der Waals surface area contributed by atoms with Crippen LogP contribution in [-0.4, -0.2) is 40.6 Å². The van der Waals surface area contributed by atoms with Gasteiger partial charge in [0.15, 0.2) is 11.1 Å². The van der Waals surface area contributed by atoms with Gasteiger partial charge < -0.3 is 15.2 Å². The lowest BCUT2D eigenvalue weighted by Gasteiger charge is -2.16. The molecule has 6 nitrogen and oxygen atoms in total. The Morgan fingerprint density at radius 1 is 1.30 bits per heavy atom. The highest BCUT2D eigenvalue weighted by atomic mass is 32.2. The Bertz CT molecular complexity index is 745. The molecule has 3 rings (SSSR count). The van der Waals surface area contributed by atoms with Crippen LogP contribution in [-0.2, 0) is 13.0 Å². The molecule has 0 bridgehead atoms. The number of aromatic nitrogens is 3. The average Bonchev–Trinajstić information content (AvgIpc) is 3.41. The van der Waals surface area contributed by atoms with Gasteiger partial charge in [0.05, 0.1) is 6.54 Å². The maximum Gasteiger partial charge on any atom is 0.191 e. The van der Waals surface area contributed by atoms with Crippen LogP contribution in [0.15, 0.2) is 22.3 Å². The minimum Gasteiger partial charge on any atom is -0.356 e. The van der Waals surface area contributed by atoms with E-state index in [9.17, 15) is 0 Å². The van der Waals surface area contributed by atoms with Gasteiger partial charge in [0, 0.05) is 35.8 Å². The van der Waals surface area contributed by atoms with Crippen molar-refractivity contribution < 1.29 is 0 Å². The minimum atomic E-state index is 0.592. The first-order valence-electron chi connectivity index (χ1n) is 9.69. The third kappa shape index (κ3) is 5.48. The molecule has 0 aromatic carbocycles. The summed E-state index contributed by atoms with van der Waals surface area (Å²) < 4.78 is 2.39. The first-order valence-corrected chi connectivity index (χ1v) is 11.7. The molecule has 148 valence electrons. The predicted molar refractivity (Wildman–Crippen MR) is 115 cm³/mol. The van der Waals surface area contributed by atoms with E-state index in [0.717, 1.165) is 42.9 Å². The number of nitrogens with zero attached hydrogens (tertiary/aromatic N) is 4. The first kappa shape index (κ1) is 20.2. The van der Waals surface area contributed by atoms with Gasteiger partial charge in [-0.25, -0.2) is 0 Å². The lowest BCUT2D eigenvalue weighted by atomic mass is 10.2. The van der Waals surface area contributed by atoms with Crippen molar-refractivity contribution in [2.75, 3.05) is 19.8 Å². The molecule has 2 N–H and O–H groups in total. The first-order chi connectivity index (χ1) is 13.2. The molecule has 0 spiro atoms. The van der Waals surface area contributed by atoms with Crippen LogP contribution < -0.4 is 10.6 Å². The number of thioether (sulfide) groups is 1. The van der Waals surface area contributed by atoms with Gasteiger partial charge in [-0.3, -0.25) is 4.99 Å². The van der Waals surface area contributed by atoms with E-state index in [-0.39, 0.29) is 0 Å². The molecule has 0 amide bonds. The molecule has 2 aromatic heterocycles. The van der Waals surface area contributed by atoms with Crippen molar-refractivity contribution in [3.05, 3.63) is 27.7 Å². The maximum atomic E-state index is 4.47. The zero-order valence-electron chi connectivity index (χ0n) is 16.5. The van der Waals surface area contributed by atoms with Crippen LogP contribution in [0.2, 0.25) is 0 Å². The van der Waals surface area contributed by atoms with Crippen molar-refractivity contribution >= 4 is 29.1 Å². The fourth-order valence-electron chi connectivity index (χ4n) is 3.57. The van der Waals surface area contributed by atoms with E-state index in [1.54, 1.807) is 11.8 Å². The highest BCUT2D eigenvalue weighted by Crippen LogP contribution is 2.33. The summed E-state index contributed by atoms with van der Waals surface area (Å²) in [5.74, 6) is 1.98. The Hall–Kier alpha value is -1.54. The van der Waals surface area contributed by atoms with Gasteiger partial charge in [-0.15, -0.1) is 21.5 Å². The van der Waals surface area contributed by atoms with E-state index in [1.807, 2.05) is 18.4 Å². The normalized spacial score (nSPS) is 15.4. The van der Waals surface area contributed by atoms with E-state index in [0.29, 0.717) is 6.04 Å². The van der Waals surface area contributed by atoms with Crippen LogP contribution in [0.4, 0.5) is 0 Å². The largest absolute Gasteiger partial charge is 0.356 e. The molecule has 27 heavy (non-hydrogen) atoms. The Balaban J connectivity index is 1.46. The third-order valence-electron chi connectivity index (χ3n) is 4.93. The highest BCUT2D eigenvalue weighted by Gasteiger charge is 2.23. The van der Waals surface area contributed by atoms with Gasteiger partial charge in [-0.1, -0.05) is 24.6 Å². The molecular weight excluding hydrogens is 376 g/mol. The molecule has 0 atom stereocenters. The quantitative estimate of drug-likeness (QED) is 0.302. The summed E-state index contributed by atoms with van der Waals surface area (Å²) >= 11 is 3.52. The Kier molecular flexibility index (Phi) is 7.58. The molecule has 0 radical (unpaired) electrons. The predicted octanol–water partition coefficient (Wildman–Crippen LogP) is 3.78. The second kappa shape index (κ2) is 10.1. The van der Waals surface area contributed by atoms with Crippen LogP contribution in [0.3, 0.4) is 0 Å². The minimum absolute atomic E-state index is 0.592. The summed E-state index contributed by atoms with van der Waals surface area (Å²) in [5.41, 5.74) is 0. The van der Waals surface area contributed by atoms with Gasteiger partial charge in [0.1, 0.15) is 5.82 Å². The van der Waals surface area contributed by atoms with Crippen LogP contribution in [0.5, 0.6) is 0 Å². The summed E-state index contributed by atoms with van der Waals surface area (Å²) in [6.45, 7) is 3.81. The van der Waals surface area contributed by atoms with Gasteiger partial charge in [0.2, 0.25) is 0 Å². The third-order valence-corrected chi connectivity index (χ3v) is 6.57. The summed E-state index contributed by atoms with van der Waals surface area (Å²) in [5, 5.41) is 16.7. The van der Waals surface area contributed by atoms with Gasteiger partial charge in [0.25, 0.3) is 0 Å². The molecule has 2 heterocycles. The van der Waals surface area contributed by atoms with Gasteiger partial charge in [-0.05, 0) is 44.6 Å². The number of thiophene rings is 1. The molecular formula is C19H30N6S2. The highest BCUT2D eigenvalue weighted by molar-refractivity contribution is 7.98. The number of aliphatic imine (C=N–C) groups is 1. The van der Waals surface area contributed by atoms with Crippen molar-refractivity contribution in [1.82, 2.24) is 25.4 Å². The molecule has 1 aliphatic rings. The summed E-state index contributed by atoms with van der Waals surface area (Å²) in [6, 6.07) is 4.91. The van der Waals surface area contributed by atoms with Crippen molar-refractivity contribution in [3.8, 4) is 0 Å². The summed E-state index contributed by atoms with van der Waals surface area (Å²) in [4.78, 5) is 6.98. The van der Waals surface area contributed by atoms with Crippen LogP contribution >= 0.6 is 23.1 Å². The van der Waals surface area contributed by atoms with Gasteiger partial charge in [-0.2, -0.15) is 0 Å². The molecule has 1 fully saturated rings. The molecule has 8 heteroatoms. The smallest absolute Gasteiger partial charge is 0.191 e. The molecule has 0 unspecified atom stereocenters. The van der Waals surface area contributed by atoms with E-state index in [4.69, 9.17) is 0 Å².